The van der Waals surface area contributed by atoms with Crippen molar-refractivity contribution >= 4 is 11.6 Å². The summed E-state index contributed by atoms with van der Waals surface area (Å²) in [5.74, 6) is -1.58. The molecule has 0 saturated carbocycles. The number of amides is 1. The Morgan fingerprint density at radius 2 is 1.67 bits per heavy atom. The molecule has 4 aromatic rings. The molecule has 1 atom stereocenters. The van der Waals surface area contributed by atoms with Crippen LogP contribution in [-0.4, -0.2) is 39.3 Å². The summed E-state index contributed by atoms with van der Waals surface area (Å²) in [6.45, 7) is 0.806. The number of carbonyl (C=O) groups is 1. The predicted molar refractivity (Wildman–Crippen MR) is 136 cm³/mol. The van der Waals surface area contributed by atoms with Crippen molar-refractivity contribution in [2.45, 2.75) is 44.1 Å². The highest BCUT2D eigenvalue weighted by Crippen LogP contribution is 2.38. The van der Waals surface area contributed by atoms with E-state index in [4.69, 9.17) is 9.15 Å². The van der Waals surface area contributed by atoms with Gasteiger partial charge >= 0.3 is 12.4 Å². The van der Waals surface area contributed by atoms with Gasteiger partial charge in [0, 0.05) is 30.6 Å². The molecule has 3 heterocycles. The van der Waals surface area contributed by atoms with Gasteiger partial charge in [0.05, 0.1) is 24.2 Å². The highest BCUT2D eigenvalue weighted by molar-refractivity contribution is 5.94. The zero-order valence-corrected chi connectivity index (χ0v) is 22.1. The Balaban J connectivity index is 1.39. The van der Waals surface area contributed by atoms with Crippen LogP contribution in [0, 0.1) is 5.82 Å². The number of carbonyl (C=O) groups excluding carboxylic acids is 1. The molecule has 1 amide bonds. The second-order valence-corrected chi connectivity index (χ2v) is 9.76. The minimum Gasteiger partial charge on any atom is -0.416 e. The van der Waals surface area contributed by atoms with E-state index >= 15 is 0 Å². The fourth-order valence-electron chi connectivity index (χ4n) is 4.58. The molecule has 1 aliphatic heterocycles. The Bertz CT molecular complexity index is 1570. The third-order valence-corrected chi connectivity index (χ3v) is 6.78. The van der Waals surface area contributed by atoms with Crippen molar-refractivity contribution in [3.05, 3.63) is 88.8 Å². The maximum atomic E-state index is 13.7. The average Bonchev–Trinajstić information content (AvgIpc) is 3.45. The second-order valence-electron chi connectivity index (χ2n) is 9.76. The van der Waals surface area contributed by atoms with E-state index in [1.807, 2.05) is 0 Å². The lowest BCUT2D eigenvalue weighted by Crippen LogP contribution is -2.32. The standard InChI is InChI=1S/C28H22F7N5O3/c29-20-5-7-21(8-6-20)40(24(41)10-16-3-4-19(27(30,31)32)11-22(16)28(33,34)35)14-23-38-39-26(43-23)25-36-12-18(13-37-25)17-2-1-9-42-15-17/h3-8,11-13,17H,1-2,9-10,14-15H2. The van der Waals surface area contributed by atoms with Crippen molar-refractivity contribution in [1.82, 2.24) is 20.2 Å². The van der Waals surface area contributed by atoms with E-state index < -0.39 is 53.7 Å². The quantitative estimate of drug-likeness (QED) is 0.225. The van der Waals surface area contributed by atoms with Gasteiger partial charge in [-0.2, -0.15) is 26.3 Å². The number of nitrogens with zero attached hydrogens (tertiary/aromatic N) is 5. The van der Waals surface area contributed by atoms with Gasteiger partial charge in [0.1, 0.15) is 12.4 Å². The van der Waals surface area contributed by atoms with Crippen molar-refractivity contribution in [3.8, 4) is 11.7 Å². The molecule has 1 fully saturated rings. The Morgan fingerprint density at radius 1 is 0.953 bits per heavy atom. The highest BCUT2D eigenvalue weighted by Gasteiger charge is 2.38. The van der Waals surface area contributed by atoms with Crippen LogP contribution in [0.1, 0.15) is 46.9 Å². The molecule has 0 aliphatic carbocycles. The Kier molecular flexibility index (Phi) is 8.44. The zero-order chi connectivity index (χ0) is 30.8. The normalized spacial score (nSPS) is 15.8. The van der Waals surface area contributed by atoms with Crippen molar-refractivity contribution in [3.63, 3.8) is 0 Å². The minimum absolute atomic E-state index is 0.0400. The molecule has 43 heavy (non-hydrogen) atoms. The molecule has 1 unspecified atom stereocenters. The molecule has 226 valence electrons. The van der Waals surface area contributed by atoms with Crippen LogP contribution in [0.4, 0.5) is 36.4 Å². The molecule has 15 heteroatoms. The van der Waals surface area contributed by atoms with E-state index in [0.717, 1.165) is 35.4 Å². The Morgan fingerprint density at radius 3 is 2.30 bits per heavy atom. The number of hydrogen-bond acceptors (Lipinski definition) is 7. The van der Waals surface area contributed by atoms with Gasteiger partial charge in [-0.25, -0.2) is 14.4 Å². The fraction of sp³-hybridized carbons (Fsp3) is 0.321. The molecular formula is C28H22F7N5O3. The van der Waals surface area contributed by atoms with Crippen LogP contribution in [-0.2, 0) is 34.8 Å². The topological polar surface area (TPSA) is 94.2 Å². The van der Waals surface area contributed by atoms with Crippen LogP contribution >= 0.6 is 0 Å². The van der Waals surface area contributed by atoms with Gasteiger partial charge in [-0.1, -0.05) is 6.07 Å². The van der Waals surface area contributed by atoms with E-state index in [1.165, 1.54) is 12.1 Å². The van der Waals surface area contributed by atoms with E-state index in [9.17, 15) is 35.5 Å². The molecule has 0 bridgehead atoms. The number of ether oxygens (including phenoxy) is 1. The van der Waals surface area contributed by atoms with Gasteiger partial charge in [0.2, 0.25) is 17.6 Å². The number of alkyl halides is 6. The summed E-state index contributed by atoms with van der Waals surface area (Å²) in [6, 6.07) is 5.51. The molecule has 0 spiro atoms. The van der Waals surface area contributed by atoms with E-state index in [-0.39, 0.29) is 35.3 Å². The van der Waals surface area contributed by atoms with Crippen LogP contribution in [0.5, 0.6) is 0 Å². The lowest BCUT2D eigenvalue weighted by molar-refractivity contribution is -0.143. The van der Waals surface area contributed by atoms with Crippen molar-refractivity contribution in [2.75, 3.05) is 18.1 Å². The molecule has 8 nitrogen and oxygen atoms in total. The number of rotatable bonds is 7. The fourth-order valence-corrected chi connectivity index (χ4v) is 4.58. The monoisotopic (exact) mass is 609 g/mol. The Hall–Kier alpha value is -4.40. The van der Waals surface area contributed by atoms with Gasteiger partial charge in [0.15, 0.2) is 0 Å². The van der Waals surface area contributed by atoms with Crippen molar-refractivity contribution < 1.29 is 44.7 Å². The third-order valence-electron chi connectivity index (χ3n) is 6.78. The number of hydrogen-bond donors (Lipinski definition) is 0. The number of halogens is 7. The smallest absolute Gasteiger partial charge is 0.416 e. The van der Waals surface area contributed by atoms with E-state index in [2.05, 4.69) is 20.2 Å². The second kappa shape index (κ2) is 12.1. The Labute approximate surface area is 239 Å². The molecule has 0 N–H and O–H groups in total. The third kappa shape index (κ3) is 7.16. The summed E-state index contributed by atoms with van der Waals surface area (Å²) in [7, 11) is 0. The van der Waals surface area contributed by atoms with Crippen molar-refractivity contribution in [1.29, 1.82) is 0 Å². The SMILES string of the molecule is O=C(Cc1ccc(C(F)(F)F)cc1C(F)(F)F)N(Cc1nnc(-c2ncc(C3CCCOC3)cn2)o1)c1ccc(F)cc1. The van der Waals surface area contributed by atoms with Gasteiger partial charge in [-0.15, -0.1) is 10.2 Å². The van der Waals surface area contributed by atoms with Gasteiger partial charge in [-0.3, -0.25) is 4.79 Å². The summed E-state index contributed by atoms with van der Waals surface area (Å²) >= 11 is 0. The summed E-state index contributed by atoms with van der Waals surface area (Å²) in [6.07, 6.45) is -6.05. The molecule has 2 aromatic carbocycles. The number of anilines is 1. The summed E-state index contributed by atoms with van der Waals surface area (Å²) in [5.41, 5.74) is -2.84. The highest BCUT2D eigenvalue weighted by atomic mass is 19.4. The maximum absolute atomic E-state index is 13.7. The van der Waals surface area contributed by atoms with E-state index in [1.54, 1.807) is 12.4 Å². The largest absolute Gasteiger partial charge is 0.416 e. The van der Waals surface area contributed by atoms with Gasteiger partial charge in [-0.05, 0) is 60.4 Å². The number of benzene rings is 2. The molecule has 1 aliphatic rings. The first-order valence-corrected chi connectivity index (χ1v) is 12.9. The molecule has 1 saturated heterocycles. The summed E-state index contributed by atoms with van der Waals surface area (Å²) in [4.78, 5) is 22.8. The average molecular weight is 610 g/mol. The van der Waals surface area contributed by atoms with Crippen LogP contribution < -0.4 is 4.90 Å². The molecule has 2 aromatic heterocycles. The molecular weight excluding hydrogens is 587 g/mol. The van der Waals surface area contributed by atoms with Crippen LogP contribution in [0.25, 0.3) is 11.7 Å². The van der Waals surface area contributed by atoms with Crippen LogP contribution in [0.3, 0.4) is 0 Å². The zero-order valence-electron chi connectivity index (χ0n) is 22.1. The summed E-state index contributed by atoms with van der Waals surface area (Å²) in [5, 5.41) is 7.78. The van der Waals surface area contributed by atoms with E-state index in [0.29, 0.717) is 25.3 Å². The first-order chi connectivity index (χ1) is 20.4. The van der Waals surface area contributed by atoms with Crippen LogP contribution in [0.2, 0.25) is 0 Å². The lowest BCUT2D eigenvalue weighted by atomic mass is 9.96. The lowest BCUT2D eigenvalue weighted by Gasteiger charge is -2.23. The van der Waals surface area contributed by atoms with Crippen LogP contribution in [0.15, 0.2) is 59.3 Å². The molecule has 0 radical (unpaired) electrons. The predicted octanol–water partition coefficient (Wildman–Crippen LogP) is 6.37. The first-order valence-electron chi connectivity index (χ1n) is 12.9. The van der Waals surface area contributed by atoms with Gasteiger partial charge in [0.25, 0.3) is 5.89 Å². The minimum atomic E-state index is -5.17. The van der Waals surface area contributed by atoms with Crippen molar-refractivity contribution in [2.24, 2.45) is 0 Å². The first kappa shape index (κ1) is 30.1. The summed E-state index contributed by atoms with van der Waals surface area (Å²) < 4.78 is 105. The van der Waals surface area contributed by atoms with Gasteiger partial charge < -0.3 is 14.1 Å². The number of aromatic nitrogens is 4. The molecule has 5 rings (SSSR count). The maximum Gasteiger partial charge on any atom is 0.416 e.